The van der Waals surface area contributed by atoms with Gasteiger partial charge in [-0.15, -0.1) is 0 Å². The van der Waals surface area contributed by atoms with E-state index in [4.69, 9.17) is 82.8 Å². The van der Waals surface area contributed by atoms with E-state index in [1.807, 2.05) is 30.3 Å². The predicted octanol–water partition coefficient (Wildman–Crippen LogP) is 14.9. The van der Waals surface area contributed by atoms with Gasteiger partial charge in [0.15, 0.2) is 0 Å². The summed E-state index contributed by atoms with van der Waals surface area (Å²) < 4.78 is 43.0. The first-order valence-corrected chi connectivity index (χ1v) is 47.4. The molecule has 12 heterocycles. The number of hydrogen-bond donors (Lipinski definition) is 0. The topological polar surface area (TPSA) is 225 Å². The third-order valence-corrected chi connectivity index (χ3v) is 28.4. The molecule has 135 heavy (non-hydrogen) atoms. The molecule has 7 aromatic carbocycles. The number of morpholine rings is 3. The van der Waals surface area contributed by atoms with E-state index in [2.05, 4.69) is 255 Å². The first kappa shape index (κ1) is 95.6. The van der Waals surface area contributed by atoms with Gasteiger partial charge in [0.1, 0.15) is 74.3 Å². The summed E-state index contributed by atoms with van der Waals surface area (Å²) in [6, 6.07) is 55.0. The SMILES string of the molecule is C.[2HH].[C-]#[N+]C[C@@H]1CCCN(c2nc(OC[C@H]3CN(C)C(C)(C)CO3)nc3c2CCN(c2cccc4ccccc24)C3)C1.[C-]#[N+]C[C@H]1CN(c2nc(OC[C@H]3CN(C)C(C)(C)CO3)nc3c2CCN(c2cccc4ccccc24)C3)CCN1C(=O)C=C.[C-]#[N+]C[C@H]1CN(c2nc(OC[C@H]3CN(C)C(C)(C)CO3)nc3c2CCN(c2cccc4ccccc24)C3)CCN1C(=O)OCc1ccccc1. The van der Waals surface area contributed by atoms with Crippen molar-refractivity contribution in [2.75, 3.05) is 201 Å². The highest BCUT2D eigenvalue weighted by atomic mass is 16.6. The van der Waals surface area contributed by atoms with Crippen molar-refractivity contribution in [3.8, 4) is 18.0 Å². The first-order valence-electron chi connectivity index (χ1n) is 47.4. The van der Waals surface area contributed by atoms with E-state index >= 15 is 0 Å². The first-order chi connectivity index (χ1) is 65.0. The highest BCUT2D eigenvalue weighted by Gasteiger charge is 2.42. The Balaban J connectivity index is 0.000000155. The zero-order valence-corrected chi connectivity index (χ0v) is 79.0. The van der Waals surface area contributed by atoms with Crippen LogP contribution < -0.4 is 43.6 Å². The molecule has 29 heteroatoms. The number of nitrogens with zero attached hydrogens (tertiary/aromatic N) is 20. The zero-order valence-electron chi connectivity index (χ0n) is 79.0. The lowest BCUT2D eigenvalue weighted by molar-refractivity contribution is -0.128. The van der Waals surface area contributed by atoms with Crippen molar-refractivity contribution in [1.82, 2.24) is 54.4 Å². The van der Waals surface area contributed by atoms with Crippen LogP contribution in [0.1, 0.15) is 103 Å². The Kier molecular flexibility index (Phi) is 30.2. The summed E-state index contributed by atoms with van der Waals surface area (Å²) in [6.45, 7) is 55.2. The van der Waals surface area contributed by atoms with Gasteiger partial charge < -0.3 is 82.0 Å². The summed E-state index contributed by atoms with van der Waals surface area (Å²) in [5.41, 5.74) is 10.8. The summed E-state index contributed by atoms with van der Waals surface area (Å²) in [4.78, 5) is 91.2. The number of rotatable bonds is 21. The second-order valence-corrected chi connectivity index (χ2v) is 38.7. The number of carbonyl (C=O) groups excluding carboxylic acids is 2. The van der Waals surface area contributed by atoms with E-state index in [0.717, 1.165) is 136 Å². The van der Waals surface area contributed by atoms with Gasteiger partial charge in [-0.3, -0.25) is 24.4 Å². The van der Waals surface area contributed by atoms with Crippen LogP contribution in [-0.4, -0.2) is 285 Å². The van der Waals surface area contributed by atoms with Gasteiger partial charge in [0.2, 0.25) is 25.5 Å². The van der Waals surface area contributed by atoms with Crippen LogP contribution >= 0.6 is 0 Å². The molecule has 3 aromatic heterocycles. The number of carbonyl (C=O) groups is 2. The largest absolute Gasteiger partial charge is 0.461 e. The highest BCUT2D eigenvalue weighted by molar-refractivity contribution is 5.96. The van der Waals surface area contributed by atoms with Crippen LogP contribution in [0.5, 0.6) is 18.0 Å². The fraction of sp³-hybridized carbons (Fsp3) is 0.481. The number of hydrogen-bond acceptors (Lipinski definition) is 24. The van der Waals surface area contributed by atoms with Gasteiger partial charge in [-0.2, -0.15) is 29.9 Å². The molecule has 0 spiro atoms. The van der Waals surface area contributed by atoms with Gasteiger partial charge in [-0.25, -0.2) is 24.5 Å². The molecule has 0 unspecified atom stereocenters. The third kappa shape index (κ3) is 22.0. The van der Waals surface area contributed by atoms with Crippen LogP contribution in [0, 0.1) is 25.6 Å². The molecule has 2 amide bonds. The fourth-order valence-electron chi connectivity index (χ4n) is 19.7. The minimum Gasteiger partial charge on any atom is -0.461 e. The average molecular weight is 1830 g/mol. The monoisotopic (exact) mass is 1830 g/mol. The number of amides is 2. The number of piperidine rings is 1. The maximum absolute atomic E-state index is 13.3. The molecule has 29 nitrogen and oxygen atoms in total. The Morgan fingerprint density at radius 1 is 0.437 bits per heavy atom. The van der Waals surface area contributed by atoms with E-state index < -0.39 is 6.09 Å². The quantitative estimate of drug-likeness (QED) is 0.0481. The minimum atomic E-state index is -0.401. The summed E-state index contributed by atoms with van der Waals surface area (Å²) in [5, 5.41) is 7.35. The van der Waals surface area contributed by atoms with Crippen molar-refractivity contribution in [1.29, 1.82) is 0 Å². The lowest BCUT2D eigenvalue weighted by Gasteiger charge is -2.43. The second-order valence-electron chi connectivity index (χ2n) is 38.7. The van der Waals surface area contributed by atoms with E-state index in [1.54, 1.807) is 9.80 Å². The molecule has 6 atom stereocenters. The standard InChI is InChI=1S/C39H45N7O4.C34H41N7O3.C32H40N6O2.CH4.H2/c1-39(2)27-50-31(23-43(39)4)26-48-37-41-34-24-44(35-16-10-14-29-13-8-9-15-32(29)35)18-17-33(34)36(42-37)45-19-20-46(30(22-45)21-40-3)38(47)49-25-28-11-6-5-7-12-28;1-6-31(42)41-17-16-40(19-25(41)18-35-4)32-28-14-15-39(30-13-9-11-24-10-7-8-12-27(24)30)21-29(28)36-33(37-32)43-22-26-20-38(5)34(2,3)23-44-26;1-32(2)22-40-25(19-36(32)4)21-39-31-34-28-20-37(29-13-7-11-24-10-5-6-12-26(24)29)16-14-27(28)30(35-31)38-15-8-9-23(18-38)17-33-3;;/h5-16,30-31H,17-27H2,1-2,4H3;6-13,25-26H,1,14-23H2,2-3,5H3;5-7,10-13,23,25H,8-9,14-22H2,1-2,4H3;1H4;1H/t30-,31+;25-,26+;23-,25+;;/m000../s1/i;;;;1+1. The van der Waals surface area contributed by atoms with E-state index in [0.29, 0.717) is 129 Å². The summed E-state index contributed by atoms with van der Waals surface area (Å²) in [7, 11) is 6.36. The van der Waals surface area contributed by atoms with Crippen molar-refractivity contribution in [2.24, 2.45) is 5.92 Å². The molecule has 9 aliphatic heterocycles. The van der Waals surface area contributed by atoms with Gasteiger partial charge in [-0.05, 0) is 141 Å². The van der Waals surface area contributed by atoms with Crippen molar-refractivity contribution < 1.29 is 44.2 Å². The summed E-state index contributed by atoms with van der Waals surface area (Å²) in [6.07, 6.45) is 5.32. The van der Waals surface area contributed by atoms with E-state index in [1.165, 1.54) is 61.0 Å². The number of benzene rings is 7. The minimum absolute atomic E-state index is 0. The van der Waals surface area contributed by atoms with Gasteiger partial charge in [0.05, 0.1) is 56.5 Å². The third-order valence-electron chi connectivity index (χ3n) is 28.4. The van der Waals surface area contributed by atoms with Gasteiger partial charge in [0, 0.05) is 165 Å². The highest BCUT2D eigenvalue weighted by Crippen LogP contribution is 2.41. The number of fused-ring (bicyclic) bond motifs is 6. The smallest absolute Gasteiger partial charge is 0.410 e. The van der Waals surface area contributed by atoms with Crippen LogP contribution in [0.25, 0.3) is 46.9 Å². The number of piperazine rings is 2. The van der Waals surface area contributed by atoms with Crippen LogP contribution in [-0.2, 0) is 69.2 Å². The lowest BCUT2D eigenvalue weighted by Crippen LogP contribution is -2.57. The van der Waals surface area contributed by atoms with E-state index in [-0.39, 0.29) is 81.5 Å². The van der Waals surface area contributed by atoms with Crippen LogP contribution in [0.3, 0.4) is 0 Å². The van der Waals surface area contributed by atoms with Crippen LogP contribution in [0.2, 0.25) is 0 Å². The molecule has 19 rings (SSSR count). The molecule has 0 saturated carbocycles. The van der Waals surface area contributed by atoms with E-state index in [9.17, 15) is 9.59 Å². The van der Waals surface area contributed by atoms with Crippen LogP contribution in [0.4, 0.5) is 39.3 Å². The molecule has 0 radical (unpaired) electrons. The molecule has 6 saturated heterocycles. The van der Waals surface area contributed by atoms with Crippen molar-refractivity contribution >= 4 is 78.8 Å². The maximum Gasteiger partial charge on any atom is 0.410 e. The molecule has 10 aromatic rings. The van der Waals surface area contributed by atoms with Gasteiger partial charge in [-0.1, -0.05) is 154 Å². The Morgan fingerprint density at radius 2 is 0.800 bits per heavy atom. The molecule has 6 fully saturated rings. The summed E-state index contributed by atoms with van der Waals surface area (Å²) in [5.74, 6) is 2.89. The maximum atomic E-state index is 13.3. The Morgan fingerprint density at radius 3 is 1.19 bits per heavy atom. The predicted molar refractivity (Wildman–Crippen MR) is 533 cm³/mol. The van der Waals surface area contributed by atoms with Gasteiger partial charge >= 0.3 is 24.1 Å². The van der Waals surface area contributed by atoms with Crippen molar-refractivity contribution in [2.45, 2.75) is 154 Å². The lowest BCUT2D eigenvalue weighted by atomic mass is 9.96. The molecular formula is C106H132N20O9. The Hall–Kier alpha value is -12.5. The number of aromatic nitrogens is 6. The zero-order chi connectivity index (χ0) is 93.2. The number of anilines is 6. The molecule has 710 valence electrons. The number of ether oxygens (including phenoxy) is 7. The van der Waals surface area contributed by atoms with Crippen LogP contribution in [0.15, 0.2) is 170 Å². The number of likely N-dealkylation sites (N-methyl/N-ethyl adjacent to an activating group) is 3. The van der Waals surface area contributed by atoms with Crippen molar-refractivity contribution in [3.63, 3.8) is 0 Å². The Labute approximate surface area is 796 Å². The second kappa shape index (κ2) is 42.6. The van der Waals surface area contributed by atoms with Gasteiger partial charge in [0.25, 0.3) is 0 Å². The molecular weight excluding hydrogens is 1700 g/mol. The van der Waals surface area contributed by atoms with Crippen molar-refractivity contribution in [3.05, 3.63) is 244 Å². The molecule has 0 aliphatic carbocycles. The normalized spacial score (nSPS) is 21.6. The summed E-state index contributed by atoms with van der Waals surface area (Å²) >= 11 is 0. The Bertz CT molecular complexity index is 5980. The fourth-order valence-corrected chi connectivity index (χ4v) is 19.7. The average Bonchev–Trinajstić information content (AvgIpc) is 0.767. The molecule has 9 aliphatic rings. The molecule has 0 N–H and O–H groups in total. The molecule has 0 bridgehead atoms.